The van der Waals surface area contributed by atoms with Gasteiger partial charge in [0.15, 0.2) is 0 Å². The van der Waals surface area contributed by atoms with Crippen LogP contribution in [0.5, 0.6) is 0 Å². The van der Waals surface area contributed by atoms with E-state index in [4.69, 9.17) is 10.7 Å². The maximum Gasteiger partial charge on any atom is 0.137 e. The number of aromatic nitrogens is 2. The molecule has 2 aromatic heterocycles. The molecule has 3 heterocycles. The first-order chi connectivity index (χ1) is 8.36. The number of thioether (sulfide) groups is 1. The Morgan fingerprint density at radius 2 is 2.41 bits per heavy atom. The molecule has 2 N–H and O–H groups in total. The van der Waals surface area contributed by atoms with Crippen molar-refractivity contribution in [3.8, 4) is 0 Å². The van der Waals surface area contributed by atoms with Gasteiger partial charge in [-0.15, -0.1) is 0 Å². The lowest BCUT2D eigenvalue weighted by Crippen LogP contribution is -2.02. The molecule has 17 heavy (non-hydrogen) atoms. The summed E-state index contributed by atoms with van der Waals surface area (Å²) in [5.41, 5.74) is 9.04. The van der Waals surface area contributed by atoms with Crippen LogP contribution in [0.2, 0.25) is 0 Å². The van der Waals surface area contributed by atoms with Gasteiger partial charge in [-0.2, -0.15) is 11.8 Å². The molecule has 4 heteroatoms. The zero-order valence-corrected chi connectivity index (χ0v) is 10.6. The van der Waals surface area contributed by atoms with Crippen LogP contribution in [0.15, 0.2) is 24.5 Å². The summed E-state index contributed by atoms with van der Waals surface area (Å²) in [6.07, 6.45) is 8.17. The summed E-state index contributed by atoms with van der Waals surface area (Å²) in [7, 11) is 0. The van der Waals surface area contributed by atoms with Crippen LogP contribution in [-0.4, -0.2) is 15.1 Å². The average molecular weight is 247 g/mol. The minimum absolute atomic E-state index is 0.580. The second-order valence-corrected chi connectivity index (χ2v) is 5.84. The van der Waals surface area contributed by atoms with Gasteiger partial charge in [0.05, 0.1) is 5.69 Å². The van der Waals surface area contributed by atoms with Crippen molar-refractivity contribution in [1.29, 1.82) is 0 Å². The van der Waals surface area contributed by atoms with Crippen LogP contribution in [0.25, 0.3) is 5.65 Å². The van der Waals surface area contributed by atoms with Gasteiger partial charge in [0.2, 0.25) is 0 Å². The Kier molecular flexibility index (Phi) is 3.07. The summed E-state index contributed by atoms with van der Waals surface area (Å²) in [4.78, 5) is 4.73. The van der Waals surface area contributed by atoms with Crippen LogP contribution in [-0.2, 0) is 6.54 Å². The Morgan fingerprint density at radius 1 is 1.47 bits per heavy atom. The quantitative estimate of drug-likeness (QED) is 0.887. The highest BCUT2D eigenvalue weighted by Gasteiger charge is 2.18. The lowest BCUT2D eigenvalue weighted by atomic mass is 10.1. The molecular weight excluding hydrogens is 230 g/mol. The Labute approximate surface area is 105 Å². The van der Waals surface area contributed by atoms with Gasteiger partial charge >= 0.3 is 0 Å². The van der Waals surface area contributed by atoms with Crippen molar-refractivity contribution in [3.05, 3.63) is 35.8 Å². The Balaban J connectivity index is 1.95. The minimum atomic E-state index is 0.580. The first-order valence-electron chi connectivity index (χ1n) is 6.16. The molecule has 1 fully saturated rings. The van der Waals surface area contributed by atoms with E-state index < -0.39 is 0 Å². The molecule has 0 radical (unpaired) electrons. The lowest BCUT2D eigenvalue weighted by molar-refractivity contribution is 0.678. The predicted molar refractivity (Wildman–Crippen MR) is 72.1 cm³/mol. The van der Waals surface area contributed by atoms with E-state index >= 15 is 0 Å². The zero-order valence-electron chi connectivity index (χ0n) is 9.80. The van der Waals surface area contributed by atoms with E-state index in [1.165, 1.54) is 30.7 Å². The van der Waals surface area contributed by atoms with Crippen molar-refractivity contribution >= 4 is 17.4 Å². The van der Waals surface area contributed by atoms with Crippen molar-refractivity contribution < 1.29 is 0 Å². The van der Waals surface area contributed by atoms with E-state index in [2.05, 4.69) is 28.9 Å². The molecule has 0 aromatic carbocycles. The number of nitrogens with zero attached hydrogens (tertiary/aromatic N) is 2. The molecule has 1 saturated heterocycles. The first-order valence-corrected chi connectivity index (χ1v) is 7.21. The molecule has 3 rings (SSSR count). The van der Waals surface area contributed by atoms with Crippen LogP contribution in [0.1, 0.15) is 35.8 Å². The summed E-state index contributed by atoms with van der Waals surface area (Å²) in [6.45, 7) is 0.580. The fourth-order valence-electron chi connectivity index (χ4n) is 2.30. The SMILES string of the molecule is NCc1ccn2cc(C3CCCCS3)nc2c1. The van der Waals surface area contributed by atoms with E-state index in [1.807, 2.05) is 11.8 Å². The highest BCUT2D eigenvalue weighted by molar-refractivity contribution is 7.99. The van der Waals surface area contributed by atoms with E-state index in [0.717, 1.165) is 11.2 Å². The van der Waals surface area contributed by atoms with Crippen molar-refractivity contribution in [3.63, 3.8) is 0 Å². The number of pyridine rings is 1. The zero-order chi connectivity index (χ0) is 11.7. The third-order valence-electron chi connectivity index (χ3n) is 3.29. The molecule has 3 nitrogen and oxygen atoms in total. The van der Waals surface area contributed by atoms with Gasteiger partial charge in [-0.1, -0.05) is 6.42 Å². The summed E-state index contributed by atoms with van der Waals surface area (Å²) in [6, 6.07) is 4.14. The van der Waals surface area contributed by atoms with Gasteiger partial charge in [0.25, 0.3) is 0 Å². The lowest BCUT2D eigenvalue weighted by Gasteiger charge is -2.18. The Morgan fingerprint density at radius 3 is 3.18 bits per heavy atom. The monoisotopic (exact) mass is 247 g/mol. The van der Waals surface area contributed by atoms with E-state index in [0.29, 0.717) is 11.8 Å². The fourth-order valence-corrected chi connectivity index (χ4v) is 3.57. The summed E-state index contributed by atoms with van der Waals surface area (Å²) < 4.78 is 2.10. The molecule has 0 saturated carbocycles. The molecule has 0 amide bonds. The number of hydrogen-bond acceptors (Lipinski definition) is 3. The number of rotatable bonds is 2. The third-order valence-corrected chi connectivity index (χ3v) is 4.69. The van der Waals surface area contributed by atoms with Gasteiger partial charge in [-0.05, 0) is 36.3 Å². The van der Waals surface area contributed by atoms with Gasteiger partial charge in [0.1, 0.15) is 5.65 Å². The second-order valence-electron chi connectivity index (χ2n) is 4.53. The van der Waals surface area contributed by atoms with Crippen molar-refractivity contribution in [2.45, 2.75) is 31.1 Å². The maximum absolute atomic E-state index is 5.65. The Hall–Kier alpha value is -1.00. The number of hydrogen-bond donors (Lipinski definition) is 1. The highest BCUT2D eigenvalue weighted by atomic mass is 32.2. The third kappa shape index (κ3) is 2.19. The minimum Gasteiger partial charge on any atom is -0.326 e. The van der Waals surface area contributed by atoms with Crippen LogP contribution in [0.4, 0.5) is 0 Å². The van der Waals surface area contributed by atoms with Crippen molar-refractivity contribution in [2.24, 2.45) is 5.73 Å². The predicted octanol–water partition coefficient (Wildman–Crippen LogP) is 2.75. The summed E-state index contributed by atoms with van der Waals surface area (Å²) in [5, 5.41) is 0.588. The van der Waals surface area contributed by atoms with Crippen LogP contribution in [0.3, 0.4) is 0 Å². The molecule has 90 valence electrons. The smallest absolute Gasteiger partial charge is 0.137 e. The second kappa shape index (κ2) is 4.70. The molecule has 1 unspecified atom stereocenters. The van der Waals surface area contributed by atoms with Crippen molar-refractivity contribution in [1.82, 2.24) is 9.38 Å². The standard InChI is InChI=1S/C13H17N3S/c14-8-10-4-5-16-9-11(15-13(16)7-10)12-3-1-2-6-17-12/h4-5,7,9,12H,1-3,6,8,14H2. The van der Waals surface area contributed by atoms with Gasteiger partial charge in [-0.25, -0.2) is 4.98 Å². The number of nitrogens with two attached hydrogens (primary N) is 1. The topological polar surface area (TPSA) is 43.3 Å². The van der Waals surface area contributed by atoms with Crippen LogP contribution < -0.4 is 5.73 Å². The molecule has 0 bridgehead atoms. The van der Waals surface area contributed by atoms with E-state index in [-0.39, 0.29) is 0 Å². The first kappa shape index (κ1) is 11.1. The molecule has 2 aromatic rings. The van der Waals surface area contributed by atoms with Crippen LogP contribution >= 0.6 is 11.8 Å². The van der Waals surface area contributed by atoms with E-state index in [1.54, 1.807) is 0 Å². The number of imidazole rings is 1. The normalized spacial score (nSPS) is 20.9. The fraction of sp³-hybridized carbons (Fsp3) is 0.462. The molecule has 1 aliphatic heterocycles. The molecule has 0 aliphatic carbocycles. The molecule has 1 atom stereocenters. The molecule has 1 aliphatic rings. The van der Waals surface area contributed by atoms with Crippen molar-refractivity contribution in [2.75, 3.05) is 5.75 Å². The van der Waals surface area contributed by atoms with Gasteiger partial charge in [0, 0.05) is 24.2 Å². The van der Waals surface area contributed by atoms with Gasteiger partial charge < -0.3 is 10.1 Å². The molecule has 0 spiro atoms. The average Bonchev–Trinajstić information content (AvgIpc) is 2.82. The van der Waals surface area contributed by atoms with Crippen LogP contribution in [0, 0.1) is 0 Å². The van der Waals surface area contributed by atoms with Gasteiger partial charge in [-0.3, -0.25) is 0 Å². The summed E-state index contributed by atoms with van der Waals surface area (Å²) >= 11 is 2.04. The number of fused-ring (bicyclic) bond motifs is 1. The largest absolute Gasteiger partial charge is 0.326 e. The maximum atomic E-state index is 5.65. The van der Waals surface area contributed by atoms with E-state index in [9.17, 15) is 0 Å². The highest BCUT2D eigenvalue weighted by Crippen LogP contribution is 2.37. The summed E-state index contributed by atoms with van der Waals surface area (Å²) in [5.74, 6) is 1.27. The molecular formula is C13H17N3S. The Bertz CT molecular complexity index is 514.